The van der Waals surface area contributed by atoms with Crippen LogP contribution >= 0.6 is 0 Å². The van der Waals surface area contributed by atoms with Crippen LogP contribution in [0.1, 0.15) is 70.0 Å². The number of benzene rings is 2. The molecule has 2 nitrogen and oxygen atoms in total. The minimum atomic E-state index is -0.271. The van der Waals surface area contributed by atoms with Gasteiger partial charge < -0.3 is 0 Å². The Balaban J connectivity index is 1.98. The van der Waals surface area contributed by atoms with Crippen molar-refractivity contribution in [3.05, 3.63) is 82.7 Å². The number of hydrogen-bond donors (Lipinski definition) is 0. The lowest BCUT2D eigenvalue weighted by Gasteiger charge is -2.54. The van der Waals surface area contributed by atoms with Crippen LogP contribution in [-0.2, 0) is 5.41 Å². The second kappa shape index (κ2) is 5.31. The van der Waals surface area contributed by atoms with Crippen LogP contribution in [0.4, 0.5) is 0 Å². The molecule has 2 aromatic carbocycles. The predicted octanol–water partition coefficient (Wildman–Crippen LogP) is 6.39. The first-order valence-electron chi connectivity index (χ1n) is 10.2. The summed E-state index contributed by atoms with van der Waals surface area (Å²) in [6, 6.07) is 17.2. The van der Waals surface area contributed by atoms with E-state index in [0.29, 0.717) is 0 Å². The van der Waals surface area contributed by atoms with Crippen molar-refractivity contribution in [2.45, 2.75) is 52.9 Å². The Hall–Kier alpha value is -2.48. The lowest BCUT2D eigenvalue weighted by Crippen LogP contribution is -2.49. The normalized spacial score (nSPS) is 23.4. The third-order valence-electron chi connectivity index (χ3n) is 6.67. The minimum Gasteiger partial charge on any atom is -0.248 e. The van der Waals surface area contributed by atoms with E-state index in [1.807, 2.05) is 0 Å². The van der Waals surface area contributed by atoms with Gasteiger partial charge in [-0.05, 0) is 34.1 Å². The number of nitrogens with zero attached hydrogens (tertiary/aromatic N) is 2. The van der Waals surface area contributed by atoms with Gasteiger partial charge in [0.05, 0.1) is 27.8 Å². The Morgan fingerprint density at radius 2 is 1.39 bits per heavy atom. The number of rotatable bonds is 0. The van der Waals surface area contributed by atoms with E-state index in [-0.39, 0.29) is 22.2 Å². The summed E-state index contributed by atoms with van der Waals surface area (Å²) in [6.45, 7) is 14.0. The van der Waals surface area contributed by atoms with Gasteiger partial charge in [0.1, 0.15) is 0 Å². The molecule has 0 saturated carbocycles. The number of aromatic nitrogens is 2. The zero-order valence-electron chi connectivity index (χ0n) is 17.7. The lowest BCUT2D eigenvalue weighted by molar-refractivity contribution is 0.250. The Morgan fingerprint density at radius 1 is 0.786 bits per heavy atom. The molecule has 142 valence electrons. The Labute approximate surface area is 167 Å². The van der Waals surface area contributed by atoms with E-state index in [4.69, 9.17) is 9.97 Å². The van der Waals surface area contributed by atoms with Gasteiger partial charge in [0.25, 0.3) is 0 Å². The summed E-state index contributed by atoms with van der Waals surface area (Å²) >= 11 is 0. The van der Waals surface area contributed by atoms with Gasteiger partial charge in [0.15, 0.2) is 0 Å². The summed E-state index contributed by atoms with van der Waals surface area (Å²) in [4.78, 5) is 10.5. The van der Waals surface area contributed by atoms with Crippen LogP contribution in [0.3, 0.4) is 0 Å². The quantitative estimate of drug-likeness (QED) is 0.429. The highest BCUT2D eigenvalue weighted by Gasteiger charge is 2.57. The number of allylic oxidation sites excluding steroid dienone is 2. The molecule has 3 aromatic rings. The van der Waals surface area contributed by atoms with Gasteiger partial charge in [-0.3, -0.25) is 0 Å². The molecule has 0 fully saturated rings. The number of fused-ring (bicyclic) bond motifs is 1. The van der Waals surface area contributed by atoms with Crippen molar-refractivity contribution in [2.75, 3.05) is 0 Å². The molecule has 2 bridgehead atoms. The predicted molar refractivity (Wildman–Crippen MR) is 116 cm³/mol. The van der Waals surface area contributed by atoms with Crippen molar-refractivity contribution >= 4 is 11.0 Å². The van der Waals surface area contributed by atoms with Crippen molar-refractivity contribution in [2.24, 2.45) is 10.8 Å². The van der Waals surface area contributed by atoms with Crippen LogP contribution < -0.4 is 0 Å². The van der Waals surface area contributed by atoms with Crippen molar-refractivity contribution in [1.82, 2.24) is 9.97 Å². The molecule has 3 aliphatic carbocycles. The second-order valence-electron chi connectivity index (χ2n) is 10.4. The van der Waals surface area contributed by atoms with E-state index < -0.39 is 0 Å². The Bertz CT molecular complexity index is 1140. The van der Waals surface area contributed by atoms with E-state index in [9.17, 15) is 0 Å². The largest absolute Gasteiger partial charge is 0.248 e. The molecule has 2 heteroatoms. The van der Waals surface area contributed by atoms with E-state index in [0.717, 1.165) is 22.4 Å². The maximum absolute atomic E-state index is 5.25. The Kier molecular flexibility index (Phi) is 3.34. The molecular formula is C26H28N2. The first-order chi connectivity index (χ1) is 13.1. The van der Waals surface area contributed by atoms with Crippen LogP contribution in [-0.4, -0.2) is 9.97 Å². The fraction of sp³-hybridized carbons (Fsp3) is 0.385. The molecule has 3 aliphatic rings. The summed E-state index contributed by atoms with van der Waals surface area (Å²) in [5.41, 5.74) is 8.32. The van der Waals surface area contributed by atoms with Crippen LogP contribution in [0, 0.1) is 10.8 Å². The second-order valence-corrected chi connectivity index (χ2v) is 10.4. The monoisotopic (exact) mass is 368 g/mol. The highest BCUT2D eigenvalue weighted by Crippen LogP contribution is 2.63. The van der Waals surface area contributed by atoms with E-state index in [1.165, 1.54) is 16.7 Å². The van der Waals surface area contributed by atoms with Crippen LogP contribution in [0.25, 0.3) is 11.0 Å². The van der Waals surface area contributed by atoms with Crippen molar-refractivity contribution < 1.29 is 0 Å². The van der Waals surface area contributed by atoms with Gasteiger partial charge >= 0.3 is 0 Å². The van der Waals surface area contributed by atoms with Crippen molar-refractivity contribution in [3.8, 4) is 0 Å². The fourth-order valence-corrected chi connectivity index (χ4v) is 5.29. The van der Waals surface area contributed by atoms with E-state index in [1.54, 1.807) is 0 Å². The molecule has 6 rings (SSSR count). The first kappa shape index (κ1) is 17.6. The lowest BCUT2D eigenvalue weighted by atomic mass is 9.49. The van der Waals surface area contributed by atoms with E-state index >= 15 is 0 Å². The topological polar surface area (TPSA) is 25.8 Å². The van der Waals surface area contributed by atoms with Crippen molar-refractivity contribution in [1.29, 1.82) is 0 Å². The highest BCUT2D eigenvalue weighted by molar-refractivity contribution is 5.77. The Morgan fingerprint density at radius 3 is 2.04 bits per heavy atom. The molecule has 1 heterocycles. The van der Waals surface area contributed by atoms with E-state index in [2.05, 4.69) is 96.1 Å². The molecule has 0 amide bonds. The van der Waals surface area contributed by atoms with Crippen molar-refractivity contribution in [3.63, 3.8) is 0 Å². The van der Waals surface area contributed by atoms with Gasteiger partial charge in [-0.2, -0.15) is 0 Å². The smallest absolute Gasteiger partial charge is 0.0890 e. The molecular weight excluding hydrogens is 340 g/mol. The van der Waals surface area contributed by atoms with Crippen LogP contribution in [0.15, 0.2) is 60.2 Å². The summed E-state index contributed by atoms with van der Waals surface area (Å²) in [5.74, 6) is 0.188. The zero-order chi connectivity index (χ0) is 19.9. The van der Waals surface area contributed by atoms with Crippen LogP contribution in [0.2, 0.25) is 0 Å². The standard InChI is InChI=1S/C26H28N2/c1-24(2,3)18-15-26(25(4,5)6)17-12-8-7-11-16(17)21(18)22-23(26)28-20-14-10-9-13-19(20)27-22/h7-15,21H,1-6H3/t21-,26-/m1/s1. The van der Waals surface area contributed by atoms with Crippen LogP contribution in [0.5, 0.6) is 0 Å². The molecule has 0 radical (unpaired) electrons. The molecule has 0 N–H and O–H groups in total. The third-order valence-corrected chi connectivity index (χ3v) is 6.67. The van der Waals surface area contributed by atoms with Gasteiger partial charge in [0, 0.05) is 5.92 Å². The average Bonchev–Trinajstić information content (AvgIpc) is 2.64. The molecule has 28 heavy (non-hydrogen) atoms. The zero-order valence-corrected chi connectivity index (χ0v) is 17.7. The minimum absolute atomic E-state index is 0.0309. The first-order valence-corrected chi connectivity index (χ1v) is 10.2. The van der Waals surface area contributed by atoms with Gasteiger partial charge in [-0.1, -0.05) is 89.6 Å². The maximum atomic E-state index is 5.25. The van der Waals surface area contributed by atoms with Gasteiger partial charge in [-0.15, -0.1) is 0 Å². The maximum Gasteiger partial charge on any atom is 0.0890 e. The van der Waals surface area contributed by atoms with Gasteiger partial charge in [-0.25, -0.2) is 9.97 Å². The average molecular weight is 369 g/mol. The summed E-state index contributed by atoms with van der Waals surface area (Å²) in [6.07, 6.45) is 2.55. The molecule has 0 unspecified atom stereocenters. The molecule has 0 saturated heterocycles. The molecule has 1 aromatic heterocycles. The SMILES string of the molecule is CC(C)(C)C1=C[C@@]2(C(C)(C)C)c3ccccc3[C@H]1c1nc3ccccc3nc12. The third kappa shape index (κ3) is 2.09. The molecule has 2 atom stereocenters. The highest BCUT2D eigenvalue weighted by atomic mass is 14.9. The summed E-state index contributed by atoms with van der Waals surface area (Å²) in [5, 5.41) is 0. The summed E-state index contributed by atoms with van der Waals surface area (Å²) < 4.78 is 0. The number of hydrogen-bond acceptors (Lipinski definition) is 2. The molecule has 0 aliphatic heterocycles. The summed E-state index contributed by atoms with van der Waals surface area (Å²) in [7, 11) is 0. The van der Waals surface area contributed by atoms with Gasteiger partial charge in [0.2, 0.25) is 0 Å². The number of para-hydroxylation sites is 2. The fourth-order valence-electron chi connectivity index (χ4n) is 5.29. The molecule has 0 spiro atoms.